The number of benzene rings is 1. The molecule has 6 nitrogen and oxygen atoms in total. The quantitative estimate of drug-likeness (QED) is 0.912. The minimum absolute atomic E-state index is 0.119. The van der Waals surface area contributed by atoms with E-state index in [1.54, 1.807) is 34.1 Å². The molecule has 0 bridgehead atoms. The lowest BCUT2D eigenvalue weighted by Gasteiger charge is -2.17. The number of hydrogen-bond donors (Lipinski definition) is 2. The Labute approximate surface area is 133 Å². The summed E-state index contributed by atoms with van der Waals surface area (Å²) in [6.45, 7) is 1.37. The summed E-state index contributed by atoms with van der Waals surface area (Å²) in [7, 11) is 0. The van der Waals surface area contributed by atoms with Gasteiger partial charge in [-0.25, -0.2) is 9.48 Å². The molecule has 1 aromatic carbocycles. The SMILES string of the molecule is O=C(Nc1ccc(-n2cccn2)c(Cl)c1)N1CCC(CO)C1. The fourth-order valence-corrected chi connectivity index (χ4v) is 2.82. The zero-order valence-electron chi connectivity index (χ0n) is 11.9. The van der Waals surface area contributed by atoms with Gasteiger partial charge in [0.1, 0.15) is 0 Å². The van der Waals surface area contributed by atoms with Gasteiger partial charge >= 0.3 is 6.03 Å². The van der Waals surface area contributed by atoms with E-state index in [0.717, 1.165) is 12.1 Å². The van der Waals surface area contributed by atoms with Gasteiger partial charge in [0.15, 0.2) is 0 Å². The number of likely N-dealkylation sites (tertiary alicyclic amines) is 1. The van der Waals surface area contributed by atoms with E-state index in [2.05, 4.69) is 10.4 Å². The van der Waals surface area contributed by atoms with Crippen LogP contribution >= 0.6 is 11.6 Å². The van der Waals surface area contributed by atoms with E-state index in [1.807, 2.05) is 12.1 Å². The van der Waals surface area contributed by atoms with Crippen molar-refractivity contribution in [1.29, 1.82) is 0 Å². The monoisotopic (exact) mass is 320 g/mol. The van der Waals surface area contributed by atoms with Gasteiger partial charge in [0.05, 0.1) is 10.7 Å². The Hall–Kier alpha value is -2.05. The summed E-state index contributed by atoms with van der Waals surface area (Å²) in [5.41, 5.74) is 1.39. The number of anilines is 1. The van der Waals surface area contributed by atoms with Gasteiger partial charge in [0.2, 0.25) is 0 Å². The molecule has 1 unspecified atom stereocenters. The molecular weight excluding hydrogens is 304 g/mol. The fraction of sp³-hybridized carbons (Fsp3) is 0.333. The van der Waals surface area contributed by atoms with E-state index >= 15 is 0 Å². The standard InChI is InChI=1S/C15H17ClN4O2/c16-13-8-12(2-3-14(13)20-6-1-5-17-20)18-15(22)19-7-4-11(9-19)10-21/h1-3,5-6,8,11,21H,4,7,9-10H2,(H,18,22). The van der Waals surface area contributed by atoms with Crippen molar-refractivity contribution in [2.24, 2.45) is 5.92 Å². The first-order chi connectivity index (χ1) is 10.7. The number of nitrogens with zero attached hydrogens (tertiary/aromatic N) is 3. The first-order valence-corrected chi connectivity index (χ1v) is 7.51. The first-order valence-electron chi connectivity index (χ1n) is 7.13. The average molecular weight is 321 g/mol. The molecule has 0 spiro atoms. The van der Waals surface area contributed by atoms with Crippen molar-refractivity contribution >= 4 is 23.3 Å². The van der Waals surface area contributed by atoms with Crippen molar-refractivity contribution in [2.75, 3.05) is 25.0 Å². The van der Waals surface area contributed by atoms with Crippen LogP contribution in [0.5, 0.6) is 0 Å². The highest BCUT2D eigenvalue weighted by molar-refractivity contribution is 6.32. The predicted octanol–water partition coefficient (Wildman–Crippen LogP) is 2.37. The largest absolute Gasteiger partial charge is 0.396 e. The minimum Gasteiger partial charge on any atom is -0.396 e. The van der Waals surface area contributed by atoms with Crippen LogP contribution in [0.4, 0.5) is 10.5 Å². The van der Waals surface area contributed by atoms with E-state index in [9.17, 15) is 4.79 Å². The lowest BCUT2D eigenvalue weighted by molar-refractivity contribution is 0.209. The Kier molecular flexibility index (Phi) is 4.31. The maximum atomic E-state index is 12.2. The maximum absolute atomic E-state index is 12.2. The minimum atomic E-state index is -0.168. The number of aliphatic hydroxyl groups excluding tert-OH is 1. The molecule has 2 N–H and O–H groups in total. The zero-order chi connectivity index (χ0) is 15.5. The van der Waals surface area contributed by atoms with Gasteiger partial charge in [-0.2, -0.15) is 5.10 Å². The second-order valence-corrected chi connectivity index (χ2v) is 5.74. The normalized spacial score (nSPS) is 17.7. The van der Waals surface area contributed by atoms with Crippen molar-refractivity contribution in [3.8, 4) is 5.69 Å². The molecule has 7 heteroatoms. The highest BCUT2D eigenvalue weighted by Gasteiger charge is 2.25. The van der Waals surface area contributed by atoms with Gasteiger partial charge in [0.25, 0.3) is 0 Å². The number of halogens is 1. The molecule has 1 fully saturated rings. The van der Waals surface area contributed by atoms with Crippen LogP contribution in [0.25, 0.3) is 5.69 Å². The van der Waals surface area contributed by atoms with Gasteiger partial charge in [-0.1, -0.05) is 11.6 Å². The second kappa shape index (κ2) is 6.37. The maximum Gasteiger partial charge on any atom is 0.321 e. The molecule has 0 aliphatic carbocycles. The van der Waals surface area contributed by atoms with Crippen molar-refractivity contribution in [2.45, 2.75) is 6.42 Å². The lowest BCUT2D eigenvalue weighted by atomic mass is 10.1. The van der Waals surface area contributed by atoms with E-state index in [-0.39, 0.29) is 18.6 Å². The molecule has 1 aliphatic heterocycles. The number of carbonyl (C=O) groups excluding carboxylic acids is 1. The van der Waals surface area contributed by atoms with Crippen molar-refractivity contribution < 1.29 is 9.90 Å². The van der Waals surface area contributed by atoms with Crippen molar-refractivity contribution in [3.05, 3.63) is 41.7 Å². The lowest BCUT2D eigenvalue weighted by Crippen LogP contribution is -2.33. The zero-order valence-corrected chi connectivity index (χ0v) is 12.7. The number of aromatic nitrogens is 2. The number of carbonyl (C=O) groups is 1. The summed E-state index contributed by atoms with van der Waals surface area (Å²) in [6, 6.07) is 6.96. The van der Waals surface area contributed by atoms with Crippen LogP contribution in [-0.4, -0.2) is 45.5 Å². The van der Waals surface area contributed by atoms with Crippen LogP contribution in [0.15, 0.2) is 36.7 Å². The van der Waals surface area contributed by atoms with Crippen molar-refractivity contribution in [1.82, 2.24) is 14.7 Å². The number of rotatable bonds is 3. The van der Waals surface area contributed by atoms with E-state index in [1.165, 1.54) is 0 Å². The molecule has 2 heterocycles. The third-order valence-corrected chi connectivity index (χ3v) is 4.08. The van der Waals surface area contributed by atoms with Gasteiger partial charge in [0, 0.05) is 43.7 Å². The molecule has 116 valence electrons. The van der Waals surface area contributed by atoms with Crippen molar-refractivity contribution in [3.63, 3.8) is 0 Å². The van der Waals surface area contributed by atoms with E-state index in [0.29, 0.717) is 23.8 Å². The smallest absolute Gasteiger partial charge is 0.321 e. The van der Waals surface area contributed by atoms with Crippen LogP contribution in [0, 0.1) is 5.92 Å². The number of hydrogen-bond acceptors (Lipinski definition) is 3. The van der Waals surface area contributed by atoms with Gasteiger partial charge in [-0.05, 0) is 30.7 Å². The summed E-state index contributed by atoms with van der Waals surface area (Å²) in [5.74, 6) is 0.177. The molecule has 2 amide bonds. The fourth-order valence-electron chi connectivity index (χ4n) is 2.55. The number of urea groups is 1. The second-order valence-electron chi connectivity index (χ2n) is 5.33. The molecule has 22 heavy (non-hydrogen) atoms. The molecule has 0 saturated carbocycles. The Morgan fingerprint density at radius 2 is 2.36 bits per heavy atom. The Bertz CT molecular complexity index is 660. The Morgan fingerprint density at radius 1 is 1.50 bits per heavy atom. The van der Waals surface area contributed by atoms with E-state index in [4.69, 9.17) is 16.7 Å². The molecular formula is C15H17ClN4O2. The van der Waals surface area contributed by atoms with Crippen LogP contribution in [0.2, 0.25) is 5.02 Å². The summed E-state index contributed by atoms with van der Waals surface area (Å²) in [4.78, 5) is 13.9. The van der Waals surface area contributed by atoms with Gasteiger partial charge < -0.3 is 15.3 Å². The topological polar surface area (TPSA) is 70.4 Å². The van der Waals surface area contributed by atoms with Gasteiger partial charge in [-0.15, -0.1) is 0 Å². The Morgan fingerprint density at radius 3 is 3.00 bits per heavy atom. The summed E-state index contributed by atoms with van der Waals surface area (Å²) in [6.07, 6.45) is 4.32. The first kappa shape index (κ1) is 14.9. The number of aliphatic hydroxyl groups is 1. The molecule has 1 aliphatic rings. The average Bonchev–Trinajstić information content (AvgIpc) is 3.19. The predicted molar refractivity (Wildman–Crippen MR) is 84.4 cm³/mol. The third-order valence-electron chi connectivity index (χ3n) is 3.78. The highest BCUT2D eigenvalue weighted by Crippen LogP contribution is 2.24. The number of nitrogens with one attached hydrogen (secondary N) is 1. The summed E-state index contributed by atoms with van der Waals surface area (Å²) in [5, 5.41) is 16.6. The summed E-state index contributed by atoms with van der Waals surface area (Å²) >= 11 is 6.25. The van der Waals surface area contributed by atoms with Crippen LogP contribution < -0.4 is 5.32 Å². The molecule has 1 atom stereocenters. The highest BCUT2D eigenvalue weighted by atomic mass is 35.5. The molecule has 2 aromatic rings. The molecule has 3 rings (SSSR count). The molecule has 1 aromatic heterocycles. The molecule has 0 radical (unpaired) electrons. The summed E-state index contributed by atoms with van der Waals surface area (Å²) < 4.78 is 1.67. The number of amides is 2. The third kappa shape index (κ3) is 3.08. The van der Waals surface area contributed by atoms with E-state index < -0.39 is 0 Å². The Balaban J connectivity index is 1.68. The van der Waals surface area contributed by atoms with Crippen LogP contribution in [0.1, 0.15) is 6.42 Å². The molecule has 1 saturated heterocycles. The van der Waals surface area contributed by atoms with Crippen LogP contribution in [0.3, 0.4) is 0 Å². The van der Waals surface area contributed by atoms with Gasteiger partial charge in [-0.3, -0.25) is 0 Å². The van der Waals surface area contributed by atoms with Crippen LogP contribution in [-0.2, 0) is 0 Å².